The highest BCUT2D eigenvalue weighted by atomic mass is 16.5. The number of rotatable bonds is 4. The summed E-state index contributed by atoms with van der Waals surface area (Å²) in [6.07, 6.45) is 0. The molecule has 0 aliphatic carbocycles. The molecule has 130 valence electrons. The molecule has 0 saturated heterocycles. The van der Waals surface area contributed by atoms with Crippen LogP contribution in [0.3, 0.4) is 0 Å². The minimum atomic E-state index is -0.237. The Balaban J connectivity index is 2.35. The van der Waals surface area contributed by atoms with Crippen molar-refractivity contribution < 1.29 is 4.74 Å². The summed E-state index contributed by atoms with van der Waals surface area (Å²) in [5, 5.41) is 0.871. The smallest absolute Gasteiger partial charge is 0.348 e. The zero-order valence-corrected chi connectivity index (χ0v) is 15.4. The van der Waals surface area contributed by atoms with E-state index < -0.39 is 0 Å². The van der Waals surface area contributed by atoms with E-state index >= 15 is 0 Å². The summed E-state index contributed by atoms with van der Waals surface area (Å²) in [5.74, 6) is 1.18. The number of ether oxygens (including phenoxy) is 1. The number of benzene rings is 2. The molecule has 0 saturated carbocycles. The van der Waals surface area contributed by atoms with Gasteiger partial charge in [0.15, 0.2) is 0 Å². The maximum Gasteiger partial charge on any atom is 0.348 e. The minimum Gasteiger partial charge on any atom is -0.496 e. The summed E-state index contributed by atoms with van der Waals surface area (Å²) in [7, 11) is 1.64. The van der Waals surface area contributed by atoms with Crippen molar-refractivity contribution in [2.24, 2.45) is 0 Å². The second-order valence-corrected chi connectivity index (χ2v) is 6.84. The van der Waals surface area contributed by atoms with Crippen LogP contribution >= 0.6 is 0 Å². The van der Waals surface area contributed by atoms with Crippen LogP contribution in [0.15, 0.2) is 47.3 Å². The zero-order valence-electron chi connectivity index (χ0n) is 15.4. The first-order valence-corrected chi connectivity index (χ1v) is 8.63. The molecule has 0 aliphatic heterocycles. The summed E-state index contributed by atoms with van der Waals surface area (Å²) >= 11 is 0. The van der Waals surface area contributed by atoms with Crippen LogP contribution in [0.2, 0.25) is 0 Å². The van der Waals surface area contributed by atoms with E-state index in [1.165, 1.54) is 5.56 Å². The molecule has 0 spiro atoms. The van der Waals surface area contributed by atoms with Crippen molar-refractivity contribution in [3.05, 3.63) is 58.5 Å². The van der Waals surface area contributed by atoms with Gasteiger partial charge in [0.05, 0.1) is 23.7 Å². The van der Waals surface area contributed by atoms with E-state index in [0.29, 0.717) is 11.6 Å². The predicted molar refractivity (Wildman–Crippen MR) is 102 cm³/mol. The zero-order chi connectivity index (χ0) is 18.1. The molecule has 3 aromatic rings. The fraction of sp³-hybridized carbons (Fsp3) is 0.333. The molecule has 1 aromatic heterocycles. The number of hydrogen-bond acceptors (Lipinski definition) is 3. The van der Waals surface area contributed by atoms with E-state index in [0.717, 1.165) is 22.2 Å². The Kier molecular flexibility index (Phi) is 4.62. The first-order chi connectivity index (χ1) is 11.9. The van der Waals surface area contributed by atoms with Gasteiger partial charge in [-0.05, 0) is 37.5 Å². The lowest BCUT2D eigenvalue weighted by Gasteiger charge is -2.17. The topological polar surface area (TPSA) is 44.1 Å². The quantitative estimate of drug-likeness (QED) is 0.689. The van der Waals surface area contributed by atoms with Crippen molar-refractivity contribution in [2.45, 2.75) is 39.7 Å². The molecule has 3 rings (SSSR count). The van der Waals surface area contributed by atoms with E-state index in [1.54, 1.807) is 11.7 Å². The van der Waals surface area contributed by atoms with E-state index in [2.05, 4.69) is 31.0 Å². The van der Waals surface area contributed by atoms with Crippen LogP contribution < -0.4 is 10.4 Å². The van der Waals surface area contributed by atoms with Gasteiger partial charge in [0, 0.05) is 11.6 Å². The lowest BCUT2D eigenvalue weighted by molar-refractivity contribution is 0.419. The van der Waals surface area contributed by atoms with Gasteiger partial charge in [-0.15, -0.1) is 0 Å². The molecule has 1 heterocycles. The third-order valence-electron chi connectivity index (χ3n) is 4.50. The van der Waals surface area contributed by atoms with Crippen LogP contribution in [-0.4, -0.2) is 16.7 Å². The maximum absolute atomic E-state index is 12.7. The minimum absolute atomic E-state index is 0.0203. The van der Waals surface area contributed by atoms with Gasteiger partial charge in [-0.1, -0.05) is 44.2 Å². The van der Waals surface area contributed by atoms with E-state index in [4.69, 9.17) is 4.74 Å². The van der Waals surface area contributed by atoms with Gasteiger partial charge < -0.3 is 4.74 Å². The number of hydrogen-bond donors (Lipinski definition) is 0. The Morgan fingerprint density at radius 1 is 1.00 bits per heavy atom. The van der Waals surface area contributed by atoms with Crippen LogP contribution in [-0.2, 0) is 0 Å². The molecular formula is C21H24N2O2. The van der Waals surface area contributed by atoms with Crippen molar-refractivity contribution in [1.82, 2.24) is 9.55 Å². The van der Waals surface area contributed by atoms with Crippen molar-refractivity contribution in [3.8, 4) is 17.0 Å². The molecule has 0 N–H and O–H groups in total. The van der Waals surface area contributed by atoms with Gasteiger partial charge >= 0.3 is 5.69 Å². The molecule has 0 unspecified atom stereocenters. The molecule has 0 radical (unpaired) electrons. The summed E-state index contributed by atoms with van der Waals surface area (Å²) in [5.41, 5.74) is 3.46. The molecule has 25 heavy (non-hydrogen) atoms. The van der Waals surface area contributed by atoms with E-state index in [-0.39, 0.29) is 11.7 Å². The van der Waals surface area contributed by atoms with Crippen LogP contribution in [0.1, 0.15) is 45.2 Å². The predicted octanol–water partition coefficient (Wildman–Crippen LogP) is 4.78. The fourth-order valence-corrected chi connectivity index (χ4v) is 3.17. The second-order valence-electron chi connectivity index (χ2n) is 6.84. The lowest BCUT2D eigenvalue weighted by Crippen LogP contribution is -2.25. The van der Waals surface area contributed by atoms with Gasteiger partial charge in [-0.2, -0.15) is 4.98 Å². The van der Waals surface area contributed by atoms with Gasteiger partial charge in [0.2, 0.25) is 0 Å². The molecule has 0 fully saturated rings. The highest BCUT2D eigenvalue weighted by Crippen LogP contribution is 2.34. The summed E-state index contributed by atoms with van der Waals surface area (Å²) in [6.45, 7) is 8.29. The molecular weight excluding hydrogens is 312 g/mol. The van der Waals surface area contributed by atoms with Gasteiger partial charge in [0.1, 0.15) is 5.75 Å². The molecule has 0 aliphatic rings. The van der Waals surface area contributed by atoms with E-state index in [1.807, 2.05) is 44.2 Å². The summed E-state index contributed by atoms with van der Waals surface area (Å²) in [4.78, 5) is 17.1. The van der Waals surface area contributed by atoms with Crippen LogP contribution in [0.25, 0.3) is 22.2 Å². The molecule has 0 atom stereocenters. The van der Waals surface area contributed by atoms with Crippen molar-refractivity contribution >= 4 is 10.9 Å². The molecule has 2 aromatic carbocycles. The van der Waals surface area contributed by atoms with Crippen molar-refractivity contribution in [1.29, 1.82) is 0 Å². The third-order valence-corrected chi connectivity index (χ3v) is 4.50. The first kappa shape index (κ1) is 17.2. The second kappa shape index (κ2) is 6.71. The normalized spacial score (nSPS) is 11.5. The molecule has 0 bridgehead atoms. The number of nitrogens with zero attached hydrogens (tertiary/aromatic N) is 2. The average molecular weight is 336 g/mol. The Morgan fingerprint density at radius 3 is 2.24 bits per heavy atom. The largest absolute Gasteiger partial charge is 0.496 e. The van der Waals surface area contributed by atoms with Gasteiger partial charge in [-0.3, -0.25) is 4.57 Å². The lowest BCUT2D eigenvalue weighted by atomic mass is 9.99. The first-order valence-electron chi connectivity index (χ1n) is 8.63. The molecule has 0 amide bonds. The summed E-state index contributed by atoms with van der Waals surface area (Å²) in [6, 6.07) is 14.0. The maximum atomic E-state index is 12.7. The molecule has 4 nitrogen and oxygen atoms in total. The van der Waals surface area contributed by atoms with Crippen LogP contribution in [0.4, 0.5) is 0 Å². The SMILES string of the molecule is COc1cccc2c1c(-c1ccc(C(C)C)cc1)nc(=O)n2C(C)C. The van der Waals surface area contributed by atoms with Gasteiger partial charge in [-0.25, -0.2) is 4.79 Å². The summed E-state index contributed by atoms with van der Waals surface area (Å²) < 4.78 is 7.28. The Bertz CT molecular complexity index is 954. The fourth-order valence-electron chi connectivity index (χ4n) is 3.17. The Labute approximate surface area is 148 Å². The van der Waals surface area contributed by atoms with Gasteiger partial charge in [0.25, 0.3) is 0 Å². The Hall–Kier alpha value is -2.62. The average Bonchev–Trinajstić information content (AvgIpc) is 2.60. The highest BCUT2D eigenvalue weighted by Gasteiger charge is 2.17. The van der Waals surface area contributed by atoms with E-state index in [9.17, 15) is 4.79 Å². The van der Waals surface area contributed by atoms with Crippen molar-refractivity contribution in [2.75, 3.05) is 7.11 Å². The molecule has 4 heteroatoms. The third kappa shape index (κ3) is 3.04. The number of methoxy groups -OCH3 is 1. The monoisotopic (exact) mass is 336 g/mol. The number of fused-ring (bicyclic) bond motifs is 1. The van der Waals surface area contributed by atoms with Crippen LogP contribution in [0, 0.1) is 0 Å². The van der Waals surface area contributed by atoms with Crippen LogP contribution in [0.5, 0.6) is 5.75 Å². The number of aromatic nitrogens is 2. The Morgan fingerprint density at radius 2 is 1.68 bits per heavy atom. The van der Waals surface area contributed by atoms with Crippen molar-refractivity contribution in [3.63, 3.8) is 0 Å². The standard InChI is InChI=1S/C21H24N2O2/c1-13(2)15-9-11-16(12-10-15)20-19-17(7-6-8-18(19)25-5)23(14(3)4)21(24)22-20/h6-14H,1-5H3. The highest BCUT2D eigenvalue weighted by molar-refractivity contribution is 5.97.